The summed E-state index contributed by atoms with van der Waals surface area (Å²) in [6, 6.07) is 2.18. The molecule has 1 saturated heterocycles. The van der Waals surface area contributed by atoms with Gasteiger partial charge < -0.3 is 9.64 Å². The Morgan fingerprint density at radius 1 is 1.16 bits per heavy atom. The van der Waals surface area contributed by atoms with E-state index in [1.165, 1.54) is 11.1 Å². The Kier molecular flexibility index (Phi) is 5.86. The zero-order valence-corrected chi connectivity index (χ0v) is 19.8. The maximum Gasteiger partial charge on any atom is 0.225 e. The molecule has 7 nitrogen and oxygen atoms in total. The Hall–Kier alpha value is -2.16. The minimum Gasteiger partial charge on any atom is -0.488 e. The van der Waals surface area contributed by atoms with Gasteiger partial charge in [0.25, 0.3) is 0 Å². The first-order valence-electron chi connectivity index (χ1n) is 11.0. The number of piperidine rings is 1. The summed E-state index contributed by atoms with van der Waals surface area (Å²) < 4.78 is 20.4. The first-order chi connectivity index (χ1) is 15.4. The van der Waals surface area contributed by atoms with Crippen molar-refractivity contribution in [2.45, 2.75) is 31.8 Å². The SMILES string of the molecule is C=S(C)(=O)N1CC=C(c2cc3c(cn2)O[C@@H](C2CCN(c4ncc(Cl)cn4)CC2)C3)CC1. The zero-order chi connectivity index (χ0) is 22.3. The number of aromatic nitrogens is 3. The van der Waals surface area contributed by atoms with Crippen LogP contribution in [0.3, 0.4) is 0 Å². The minimum atomic E-state index is -2.15. The number of ether oxygens (including phenoxy) is 1. The Morgan fingerprint density at radius 3 is 2.56 bits per heavy atom. The molecule has 32 heavy (non-hydrogen) atoms. The van der Waals surface area contributed by atoms with Gasteiger partial charge in [0.05, 0.1) is 29.3 Å². The normalized spacial score (nSPS) is 23.9. The van der Waals surface area contributed by atoms with Crippen LogP contribution in [0.25, 0.3) is 5.57 Å². The molecule has 1 fully saturated rings. The van der Waals surface area contributed by atoms with Crippen molar-refractivity contribution in [2.75, 3.05) is 37.3 Å². The Balaban J connectivity index is 1.21. The molecule has 2 atom stereocenters. The van der Waals surface area contributed by atoms with Crippen molar-refractivity contribution in [3.05, 3.63) is 47.0 Å². The fourth-order valence-corrected chi connectivity index (χ4v) is 5.75. The molecular weight excluding hydrogens is 446 g/mol. The smallest absolute Gasteiger partial charge is 0.225 e. The van der Waals surface area contributed by atoms with E-state index >= 15 is 0 Å². The highest BCUT2D eigenvalue weighted by Gasteiger charge is 2.34. The second kappa shape index (κ2) is 8.65. The number of nitrogens with zero attached hydrogens (tertiary/aromatic N) is 5. The predicted molar refractivity (Wildman–Crippen MR) is 130 cm³/mol. The van der Waals surface area contributed by atoms with Crippen LogP contribution in [-0.2, 0) is 16.1 Å². The van der Waals surface area contributed by atoms with Gasteiger partial charge in [-0.1, -0.05) is 17.7 Å². The summed E-state index contributed by atoms with van der Waals surface area (Å²) in [6.07, 6.45) is 13.1. The molecule has 3 aliphatic rings. The third kappa shape index (κ3) is 4.49. The van der Waals surface area contributed by atoms with Crippen LogP contribution in [-0.4, -0.2) is 67.9 Å². The third-order valence-electron chi connectivity index (χ3n) is 6.65. The molecule has 0 N–H and O–H groups in total. The second-order valence-electron chi connectivity index (χ2n) is 8.89. The molecule has 2 aromatic heterocycles. The van der Waals surface area contributed by atoms with E-state index in [1.54, 1.807) is 18.6 Å². The van der Waals surface area contributed by atoms with Crippen LogP contribution in [0.1, 0.15) is 30.5 Å². The summed E-state index contributed by atoms with van der Waals surface area (Å²) in [6.45, 7) is 3.24. The maximum atomic E-state index is 12.2. The number of pyridine rings is 1. The average Bonchev–Trinajstić information content (AvgIpc) is 3.23. The molecule has 0 bridgehead atoms. The minimum absolute atomic E-state index is 0.196. The van der Waals surface area contributed by atoms with E-state index in [9.17, 15) is 4.21 Å². The van der Waals surface area contributed by atoms with Crippen LogP contribution >= 0.6 is 11.6 Å². The van der Waals surface area contributed by atoms with Gasteiger partial charge >= 0.3 is 0 Å². The van der Waals surface area contributed by atoms with E-state index < -0.39 is 9.71 Å². The maximum absolute atomic E-state index is 12.2. The van der Waals surface area contributed by atoms with E-state index in [0.717, 1.165) is 62.7 Å². The van der Waals surface area contributed by atoms with E-state index in [2.05, 4.69) is 37.9 Å². The quantitative estimate of drug-likeness (QED) is 0.635. The van der Waals surface area contributed by atoms with Gasteiger partial charge in [0, 0.05) is 54.1 Å². The van der Waals surface area contributed by atoms with Crippen LogP contribution in [0, 0.1) is 5.92 Å². The second-order valence-corrected chi connectivity index (χ2v) is 11.8. The lowest BCUT2D eigenvalue weighted by molar-refractivity contribution is 0.138. The van der Waals surface area contributed by atoms with E-state index in [0.29, 0.717) is 17.5 Å². The number of rotatable bonds is 4. The van der Waals surface area contributed by atoms with Crippen molar-refractivity contribution in [1.82, 2.24) is 19.3 Å². The zero-order valence-electron chi connectivity index (χ0n) is 18.2. The fraction of sp³-hybridized carbons (Fsp3) is 0.478. The molecular formula is C23H28ClN5O2S. The van der Waals surface area contributed by atoms with Gasteiger partial charge in [0.1, 0.15) is 11.9 Å². The lowest BCUT2D eigenvalue weighted by atomic mass is 9.89. The number of fused-ring (bicyclic) bond motifs is 1. The molecule has 3 aliphatic heterocycles. The molecule has 0 saturated carbocycles. The van der Waals surface area contributed by atoms with Gasteiger partial charge in [-0.3, -0.25) is 9.19 Å². The van der Waals surface area contributed by atoms with Crippen LogP contribution in [0.15, 0.2) is 30.7 Å². The number of halogens is 1. The highest BCUT2D eigenvalue weighted by Crippen LogP contribution is 2.37. The molecule has 0 spiro atoms. The molecule has 0 aliphatic carbocycles. The Bertz CT molecular complexity index is 1130. The van der Waals surface area contributed by atoms with Crippen LogP contribution in [0.5, 0.6) is 5.75 Å². The standard InChI is InChI=1S/C23H28ClN5O2S/c1-32(2,30)29-9-5-16(6-10-29)20-11-18-12-21(31-22(18)15-25-20)17-3-7-28(8-4-17)23-26-13-19(24)14-27-23/h5,11,13-15,17,21H,1,3-4,6-10,12H2,2H3/t21-,32?/m1/s1. The topological polar surface area (TPSA) is 71.5 Å². The molecule has 170 valence electrons. The van der Waals surface area contributed by atoms with Gasteiger partial charge in [-0.2, -0.15) is 0 Å². The number of anilines is 1. The van der Waals surface area contributed by atoms with Crippen LogP contribution in [0.4, 0.5) is 5.95 Å². The van der Waals surface area contributed by atoms with E-state index in [-0.39, 0.29) is 6.10 Å². The highest BCUT2D eigenvalue weighted by molar-refractivity contribution is 7.97. The van der Waals surface area contributed by atoms with Crippen molar-refractivity contribution in [3.8, 4) is 5.75 Å². The largest absolute Gasteiger partial charge is 0.488 e. The summed E-state index contributed by atoms with van der Waals surface area (Å²) >= 11 is 5.90. The summed E-state index contributed by atoms with van der Waals surface area (Å²) in [5.74, 6) is 5.96. The summed E-state index contributed by atoms with van der Waals surface area (Å²) in [5, 5.41) is 0.558. The molecule has 2 aromatic rings. The van der Waals surface area contributed by atoms with E-state index in [1.807, 2.05) is 10.5 Å². The Morgan fingerprint density at radius 2 is 1.91 bits per heavy atom. The molecule has 5 rings (SSSR count). The molecule has 1 unspecified atom stereocenters. The number of hydrogen-bond acceptors (Lipinski definition) is 6. The van der Waals surface area contributed by atoms with Gasteiger partial charge in [0.2, 0.25) is 5.95 Å². The van der Waals surface area contributed by atoms with Crippen LogP contribution < -0.4 is 9.64 Å². The van der Waals surface area contributed by atoms with Crippen LogP contribution in [0.2, 0.25) is 5.02 Å². The van der Waals surface area contributed by atoms with Gasteiger partial charge in [-0.15, -0.1) is 0 Å². The van der Waals surface area contributed by atoms with E-state index in [4.69, 9.17) is 16.3 Å². The predicted octanol–water partition coefficient (Wildman–Crippen LogP) is 3.10. The third-order valence-corrected chi connectivity index (χ3v) is 8.27. The molecule has 0 aromatic carbocycles. The average molecular weight is 474 g/mol. The molecule has 9 heteroatoms. The van der Waals surface area contributed by atoms with Crippen molar-refractivity contribution in [3.63, 3.8) is 0 Å². The highest BCUT2D eigenvalue weighted by atomic mass is 35.5. The lowest BCUT2D eigenvalue weighted by Crippen LogP contribution is -2.40. The molecule has 5 heterocycles. The fourth-order valence-electron chi connectivity index (χ4n) is 4.78. The first kappa shape index (κ1) is 21.7. The van der Waals surface area contributed by atoms with Crippen molar-refractivity contribution < 1.29 is 8.95 Å². The van der Waals surface area contributed by atoms with Gasteiger partial charge in [-0.05, 0) is 42.7 Å². The lowest BCUT2D eigenvalue weighted by Gasteiger charge is -2.34. The summed E-state index contributed by atoms with van der Waals surface area (Å²) in [4.78, 5) is 15.6. The molecule has 0 radical (unpaired) electrons. The summed E-state index contributed by atoms with van der Waals surface area (Å²) in [7, 11) is -2.15. The van der Waals surface area contributed by atoms with Crippen molar-refractivity contribution in [1.29, 1.82) is 0 Å². The number of hydrogen-bond donors (Lipinski definition) is 0. The first-order valence-corrected chi connectivity index (χ1v) is 13.5. The van der Waals surface area contributed by atoms with Gasteiger partial charge in [0.15, 0.2) is 0 Å². The summed E-state index contributed by atoms with van der Waals surface area (Å²) in [5.41, 5.74) is 3.46. The molecule has 0 amide bonds. The van der Waals surface area contributed by atoms with Crippen molar-refractivity contribution in [2.24, 2.45) is 5.92 Å². The Labute approximate surface area is 194 Å². The van der Waals surface area contributed by atoms with Gasteiger partial charge in [-0.25, -0.2) is 14.3 Å². The monoisotopic (exact) mass is 473 g/mol. The van der Waals surface area contributed by atoms with Crippen molar-refractivity contribution >= 4 is 38.7 Å².